The summed E-state index contributed by atoms with van der Waals surface area (Å²) in [6, 6.07) is 7.38. The Morgan fingerprint density at radius 1 is 1.47 bits per heavy atom. The van der Waals surface area contributed by atoms with Crippen LogP contribution in [0, 0.1) is 0 Å². The van der Waals surface area contributed by atoms with Crippen molar-refractivity contribution in [3.63, 3.8) is 0 Å². The topological polar surface area (TPSA) is 49.3 Å². The van der Waals surface area contributed by atoms with Crippen molar-refractivity contribution >= 4 is 21.8 Å². The van der Waals surface area contributed by atoms with Gasteiger partial charge in [0.05, 0.1) is 6.61 Å². The van der Waals surface area contributed by atoms with Gasteiger partial charge in [-0.1, -0.05) is 28.1 Å². The zero-order valence-corrected chi connectivity index (χ0v) is 10.1. The zero-order chi connectivity index (χ0) is 11.3. The van der Waals surface area contributed by atoms with Crippen LogP contribution in [0.5, 0.6) is 0 Å². The highest BCUT2D eigenvalue weighted by Gasteiger charge is 2.05. The van der Waals surface area contributed by atoms with Gasteiger partial charge in [-0.15, -0.1) is 0 Å². The maximum Gasteiger partial charge on any atom is 0.251 e. The van der Waals surface area contributed by atoms with Gasteiger partial charge in [-0.05, 0) is 24.6 Å². The number of aliphatic hydroxyl groups is 1. The molecule has 0 aromatic heterocycles. The number of carbonyl (C=O) groups is 1. The number of carbonyl (C=O) groups excluding carboxylic acids is 1. The Bertz CT molecular complexity index is 322. The quantitative estimate of drug-likeness (QED) is 0.822. The largest absolute Gasteiger partial charge is 0.395 e. The second kappa shape index (κ2) is 5.88. The summed E-state index contributed by atoms with van der Waals surface area (Å²) in [5.41, 5.74) is 1.74. The summed E-state index contributed by atoms with van der Waals surface area (Å²) in [5, 5.41) is 11.2. The molecule has 0 fully saturated rings. The third kappa shape index (κ3) is 3.64. The van der Waals surface area contributed by atoms with Crippen LogP contribution in [0.15, 0.2) is 24.3 Å². The maximum atomic E-state index is 11.5. The van der Waals surface area contributed by atoms with Gasteiger partial charge in [-0.2, -0.15) is 0 Å². The van der Waals surface area contributed by atoms with Crippen LogP contribution in [0.25, 0.3) is 0 Å². The molecule has 0 spiro atoms. The Morgan fingerprint density at radius 2 is 2.07 bits per heavy atom. The predicted octanol–water partition coefficient (Wildman–Crippen LogP) is 1.86. The molecule has 2 N–H and O–H groups in total. The van der Waals surface area contributed by atoms with Crippen molar-refractivity contribution in [2.75, 3.05) is 13.2 Å². The molecule has 1 aromatic rings. The highest BCUT2D eigenvalue weighted by Crippen LogP contribution is 2.21. The van der Waals surface area contributed by atoms with Crippen molar-refractivity contribution in [2.24, 2.45) is 0 Å². The highest BCUT2D eigenvalue weighted by molar-refractivity contribution is 9.09. The molecule has 82 valence electrons. The fourth-order valence-electron chi connectivity index (χ4n) is 1.17. The fourth-order valence-corrected chi connectivity index (χ4v) is 1.48. The van der Waals surface area contributed by atoms with Crippen molar-refractivity contribution in [1.29, 1.82) is 0 Å². The lowest BCUT2D eigenvalue weighted by molar-refractivity contribution is 0.0945. The molecule has 1 atom stereocenters. The molecular weight excluding hydrogens is 258 g/mol. The summed E-state index contributed by atoms with van der Waals surface area (Å²) >= 11 is 3.45. The smallest absolute Gasteiger partial charge is 0.251 e. The molecular formula is C11H14BrNO2. The number of hydrogen-bond donors (Lipinski definition) is 2. The van der Waals surface area contributed by atoms with Crippen LogP contribution < -0.4 is 5.32 Å². The van der Waals surface area contributed by atoms with E-state index in [1.54, 1.807) is 12.1 Å². The first-order chi connectivity index (χ1) is 7.15. The first kappa shape index (κ1) is 12.2. The summed E-state index contributed by atoms with van der Waals surface area (Å²) in [7, 11) is 0. The van der Waals surface area contributed by atoms with Crippen LogP contribution in [0.2, 0.25) is 0 Å². The molecule has 0 bridgehead atoms. The number of amides is 1. The van der Waals surface area contributed by atoms with E-state index in [2.05, 4.69) is 21.2 Å². The Labute approximate surface area is 97.6 Å². The summed E-state index contributed by atoms with van der Waals surface area (Å²) in [6.45, 7) is 2.28. The molecule has 3 nitrogen and oxygen atoms in total. The summed E-state index contributed by atoms with van der Waals surface area (Å²) < 4.78 is 0. The van der Waals surface area contributed by atoms with Gasteiger partial charge in [0.15, 0.2) is 0 Å². The number of rotatable bonds is 4. The fraction of sp³-hybridized carbons (Fsp3) is 0.364. The SMILES string of the molecule is CC(Br)c1ccc(C(=O)NCCO)cc1. The molecule has 1 unspecified atom stereocenters. The van der Waals surface area contributed by atoms with Gasteiger partial charge in [-0.25, -0.2) is 0 Å². The van der Waals surface area contributed by atoms with E-state index in [9.17, 15) is 4.79 Å². The third-order valence-corrected chi connectivity index (χ3v) is 2.56. The molecule has 0 aliphatic heterocycles. The minimum Gasteiger partial charge on any atom is -0.395 e. The molecule has 0 heterocycles. The van der Waals surface area contributed by atoms with Gasteiger partial charge in [0, 0.05) is 16.9 Å². The first-order valence-corrected chi connectivity index (χ1v) is 5.70. The van der Waals surface area contributed by atoms with E-state index in [1.807, 2.05) is 19.1 Å². The molecule has 0 aliphatic carbocycles. The van der Waals surface area contributed by atoms with Gasteiger partial charge >= 0.3 is 0 Å². The monoisotopic (exact) mass is 271 g/mol. The van der Waals surface area contributed by atoms with Crippen molar-refractivity contribution in [3.8, 4) is 0 Å². The number of nitrogens with one attached hydrogen (secondary N) is 1. The van der Waals surface area contributed by atoms with E-state index < -0.39 is 0 Å². The minimum absolute atomic E-state index is 0.0394. The third-order valence-electron chi connectivity index (χ3n) is 2.03. The molecule has 1 amide bonds. The van der Waals surface area contributed by atoms with E-state index in [4.69, 9.17) is 5.11 Å². The number of benzene rings is 1. The summed E-state index contributed by atoms with van der Waals surface area (Å²) in [5.74, 6) is -0.155. The lowest BCUT2D eigenvalue weighted by Gasteiger charge is -2.06. The van der Waals surface area contributed by atoms with Gasteiger partial charge in [0.25, 0.3) is 5.91 Å². The van der Waals surface area contributed by atoms with E-state index in [0.717, 1.165) is 5.56 Å². The van der Waals surface area contributed by atoms with Crippen LogP contribution in [-0.2, 0) is 0 Å². The van der Waals surface area contributed by atoms with E-state index in [1.165, 1.54) is 0 Å². The van der Waals surface area contributed by atoms with Crippen LogP contribution in [0.4, 0.5) is 0 Å². The van der Waals surface area contributed by atoms with Crippen molar-refractivity contribution < 1.29 is 9.90 Å². The maximum absolute atomic E-state index is 11.5. The van der Waals surface area contributed by atoms with Crippen molar-refractivity contribution in [2.45, 2.75) is 11.8 Å². The average Bonchev–Trinajstić information content (AvgIpc) is 2.26. The van der Waals surface area contributed by atoms with Gasteiger partial charge in [0.2, 0.25) is 0 Å². The average molecular weight is 272 g/mol. The number of alkyl halides is 1. The Balaban J connectivity index is 2.67. The molecule has 0 saturated heterocycles. The van der Waals surface area contributed by atoms with E-state index in [0.29, 0.717) is 5.56 Å². The second-order valence-electron chi connectivity index (χ2n) is 3.22. The molecule has 0 radical (unpaired) electrons. The molecule has 1 aromatic carbocycles. The number of hydrogen-bond acceptors (Lipinski definition) is 2. The predicted molar refractivity (Wildman–Crippen MR) is 63.2 cm³/mol. The van der Waals surface area contributed by atoms with Gasteiger partial charge in [-0.3, -0.25) is 4.79 Å². The lowest BCUT2D eigenvalue weighted by atomic mass is 10.1. The molecule has 15 heavy (non-hydrogen) atoms. The standard InChI is InChI=1S/C11H14BrNO2/c1-8(12)9-2-4-10(5-3-9)11(15)13-6-7-14/h2-5,8,14H,6-7H2,1H3,(H,13,15). The van der Waals surface area contributed by atoms with Gasteiger partial charge < -0.3 is 10.4 Å². The number of halogens is 1. The molecule has 0 aliphatic rings. The summed E-state index contributed by atoms with van der Waals surface area (Å²) in [4.78, 5) is 11.7. The zero-order valence-electron chi connectivity index (χ0n) is 8.53. The molecule has 0 saturated carbocycles. The van der Waals surface area contributed by atoms with E-state index >= 15 is 0 Å². The Morgan fingerprint density at radius 3 is 2.53 bits per heavy atom. The first-order valence-electron chi connectivity index (χ1n) is 4.78. The highest BCUT2D eigenvalue weighted by atomic mass is 79.9. The minimum atomic E-state index is -0.155. The van der Waals surface area contributed by atoms with Crippen LogP contribution in [0.1, 0.15) is 27.7 Å². The second-order valence-corrected chi connectivity index (χ2v) is 4.59. The molecule has 1 rings (SSSR count). The Hall–Kier alpha value is -0.870. The van der Waals surface area contributed by atoms with Crippen molar-refractivity contribution in [1.82, 2.24) is 5.32 Å². The van der Waals surface area contributed by atoms with Crippen LogP contribution in [-0.4, -0.2) is 24.2 Å². The van der Waals surface area contributed by atoms with Crippen molar-refractivity contribution in [3.05, 3.63) is 35.4 Å². The summed E-state index contributed by atoms with van der Waals surface area (Å²) in [6.07, 6.45) is 0. The molecule has 4 heteroatoms. The van der Waals surface area contributed by atoms with Crippen LogP contribution in [0.3, 0.4) is 0 Å². The van der Waals surface area contributed by atoms with E-state index in [-0.39, 0.29) is 23.9 Å². The Kier molecular flexibility index (Phi) is 4.78. The lowest BCUT2D eigenvalue weighted by Crippen LogP contribution is -2.26. The van der Waals surface area contributed by atoms with Gasteiger partial charge in [0.1, 0.15) is 0 Å². The van der Waals surface area contributed by atoms with Crippen LogP contribution >= 0.6 is 15.9 Å². The number of aliphatic hydroxyl groups excluding tert-OH is 1. The normalized spacial score (nSPS) is 12.2.